The molecule has 0 saturated carbocycles. The summed E-state index contributed by atoms with van der Waals surface area (Å²) in [6.45, 7) is 2.78. The molecule has 2 nitrogen and oxygen atoms in total. The Morgan fingerprint density at radius 1 is 1.42 bits per heavy atom. The number of aliphatic hydroxyl groups is 1. The van der Waals surface area contributed by atoms with Gasteiger partial charge < -0.3 is 9.84 Å². The van der Waals surface area contributed by atoms with Crippen LogP contribution >= 0.6 is 27.3 Å². The summed E-state index contributed by atoms with van der Waals surface area (Å²) in [4.78, 5) is 2.13. The highest BCUT2D eigenvalue weighted by atomic mass is 79.9. The normalized spacial score (nSPS) is 15.7. The van der Waals surface area contributed by atoms with Crippen molar-refractivity contribution in [2.24, 2.45) is 0 Å². The van der Waals surface area contributed by atoms with E-state index >= 15 is 0 Å². The van der Waals surface area contributed by atoms with Gasteiger partial charge in [0.1, 0.15) is 11.9 Å². The Balaban J connectivity index is 2.02. The Kier molecular flexibility index (Phi) is 3.65. The highest BCUT2D eigenvalue weighted by Crippen LogP contribution is 2.39. The zero-order valence-corrected chi connectivity index (χ0v) is 13.1. The number of benzene rings is 1. The van der Waals surface area contributed by atoms with E-state index in [1.165, 1.54) is 10.4 Å². The lowest BCUT2D eigenvalue weighted by molar-refractivity contribution is 0.210. The van der Waals surface area contributed by atoms with Gasteiger partial charge in [0.25, 0.3) is 0 Å². The number of halogens is 1. The maximum absolute atomic E-state index is 10.6. The molecule has 0 aliphatic carbocycles. The van der Waals surface area contributed by atoms with Crippen LogP contribution in [0, 0.1) is 6.92 Å². The van der Waals surface area contributed by atoms with Gasteiger partial charge in [-0.15, -0.1) is 11.3 Å². The number of fused-ring (bicyclic) bond motifs is 1. The van der Waals surface area contributed by atoms with Gasteiger partial charge >= 0.3 is 0 Å². The van der Waals surface area contributed by atoms with Crippen LogP contribution in [-0.2, 0) is 6.42 Å². The van der Waals surface area contributed by atoms with E-state index in [-0.39, 0.29) is 0 Å². The predicted molar refractivity (Wildman–Crippen MR) is 81.1 cm³/mol. The number of rotatable bonds is 2. The van der Waals surface area contributed by atoms with Gasteiger partial charge in [0.05, 0.1) is 6.61 Å². The first-order valence-corrected chi connectivity index (χ1v) is 7.96. The minimum absolute atomic E-state index is 0.608. The lowest BCUT2D eigenvalue weighted by Crippen LogP contribution is -2.12. The van der Waals surface area contributed by atoms with Gasteiger partial charge in [-0.1, -0.05) is 18.2 Å². The molecule has 2 aromatic rings. The van der Waals surface area contributed by atoms with Gasteiger partial charge in [-0.05, 0) is 47.3 Å². The molecule has 3 rings (SSSR count). The quantitative estimate of drug-likeness (QED) is 0.887. The molecule has 1 aromatic heterocycles. The van der Waals surface area contributed by atoms with Crippen LogP contribution in [0.15, 0.2) is 28.7 Å². The van der Waals surface area contributed by atoms with Crippen molar-refractivity contribution in [3.63, 3.8) is 0 Å². The summed E-state index contributed by atoms with van der Waals surface area (Å²) in [7, 11) is 0. The van der Waals surface area contributed by atoms with E-state index in [0.29, 0.717) is 0 Å². The Labute approximate surface area is 125 Å². The number of ether oxygens (including phenoxy) is 1. The van der Waals surface area contributed by atoms with E-state index in [1.54, 1.807) is 11.3 Å². The summed E-state index contributed by atoms with van der Waals surface area (Å²) in [6, 6.07) is 8.03. The summed E-state index contributed by atoms with van der Waals surface area (Å²) < 4.78 is 6.82. The molecule has 4 heteroatoms. The summed E-state index contributed by atoms with van der Waals surface area (Å²) in [5, 5.41) is 10.6. The molecule has 1 unspecified atom stereocenters. The van der Waals surface area contributed by atoms with Gasteiger partial charge in [-0.2, -0.15) is 0 Å². The van der Waals surface area contributed by atoms with Crippen molar-refractivity contribution in [1.82, 2.24) is 0 Å². The summed E-state index contributed by atoms with van der Waals surface area (Å²) in [5.74, 6) is 0.878. The lowest BCUT2D eigenvalue weighted by Gasteiger charge is -2.22. The van der Waals surface area contributed by atoms with Gasteiger partial charge in [-0.25, -0.2) is 0 Å². The Bertz CT molecular complexity index is 587. The van der Waals surface area contributed by atoms with Crippen LogP contribution in [0.5, 0.6) is 5.75 Å². The zero-order valence-electron chi connectivity index (χ0n) is 10.6. The lowest BCUT2D eigenvalue weighted by atomic mass is 9.99. The molecule has 19 heavy (non-hydrogen) atoms. The maximum Gasteiger partial charge on any atom is 0.128 e. The molecule has 2 heterocycles. The van der Waals surface area contributed by atoms with E-state index in [0.717, 1.165) is 40.1 Å². The standard InChI is InChI=1S/C15H15BrO2S/c1-9-12(16)8-13(19-9)14(17)11-6-2-4-10-5-3-7-18-15(10)11/h2,4,6,8,14,17H,3,5,7H2,1H3. The highest BCUT2D eigenvalue weighted by Gasteiger charge is 2.22. The third kappa shape index (κ3) is 2.45. The molecule has 1 aliphatic heterocycles. The minimum Gasteiger partial charge on any atom is -0.493 e. The van der Waals surface area contributed by atoms with Gasteiger partial charge in [0.2, 0.25) is 0 Å². The number of hydrogen-bond donors (Lipinski definition) is 1. The number of aryl methyl sites for hydroxylation is 2. The molecule has 1 atom stereocenters. The highest BCUT2D eigenvalue weighted by molar-refractivity contribution is 9.10. The van der Waals surface area contributed by atoms with Crippen LogP contribution in [0.3, 0.4) is 0 Å². The second kappa shape index (κ2) is 5.27. The molecule has 0 spiro atoms. The molecule has 1 aliphatic rings. The number of para-hydroxylation sites is 1. The van der Waals surface area contributed by atoms with Crippen molar-refractivity contribution < 1.29 is 9.84 Å². The number of hydrogen-bond acceptors (Lipinski definition) is 3. The molecule has 0 amide bonds. The first kappa shape index (κ1) is 13.2. The molecule has 0 radical (unpaired) electrons. The zero-order chi connectivity index (χ0) is 13.4. The monoisotopic (exact) mass is 338 g/mol. The van der Waals surface area contributed by atoms with Crippen molar-refractivity contribution in [3.05, 3.63) is 49.6 Å². The van der Waals surface area contributed by atoms with E-state index in [2.05, 4.69) is 22.0 Å². The second-order valence-electron chi connectivity index (χ2n) is 4.74. The van der Waals surface area contributed by atoms with Crippen molar-refractivity contribution >= 4 is 27.3 Å². The van der Waals surface area contributed by atoms with Crippen LogP contribution in [0.1, 0.15) is 33.4 Å². The predicted octanol–water partition coefficient (Wildman–Crippen LogP) is 4.23. The van der Waals surface area contributed by atoms with Crippen molar-refractivity contribution in [2.75, 3.05) is 6.61 Å². The summed E-state index contributed by atoms with van der Waals surface area (Å²) >= 11 is 5.12. The molecular formula is C15H15BrO2S. The first-order valence-electron chi connectivity index (χ1n) is 6.35. The molecule has 100 valence electrons. The fraction of sp³-hybridized carbons (Fsp3) is 0.333. The topological polar surface area (TPSA) is 29.5 Å². The second-order valence-corrected chi connectivity index (χ2v) is 6.89. The van der Waals surface area contributed by atoms with Gasteiger partial charge in [-0.3, -0.25) is 0 Å². The average Bonchev–Trinajstić information content (AvgIpc) is 2.77. The van der Waals surface area contributed by atoms with E-state index in [4.69, 9.17) is 4.74 Å². The SMILES string of the molecule is Cc1sc(C(O)c2cccc3c2OCCC3)cc1Br. The Hall–Kier alpha value is -0.840. The van der Waals surface area contributed by atoms with Crippen LogP contribution < -0.4 is 4.74 Å². The minimum atomic E-state index is -0.608. The van der Waals surface area contributed by atoms with Crippen molar-refractivity contribution in [2.45, 2.75) is 25.9 Å². The van der Waals surface area contributed by atoms with E-state index in [1.807, 2.05) is 25.1 Å². The third-order valence-electron chi connectivity index (χ3n) is 3.40. The third-order valence-corrected chi connectivity index (χ3v) is 5.59. The van der Waals surface area contributed by atoms with Gasteiger partial charge in [0.15, 0.2) is 0 Å². The van der Waals surface area contributed by atoms with Crippen LogP contribution in [0.4, 0.5) is 0 Å². The largest absolute Gasteiger partial charge is 0.493 e. The molecule has 0 saturated heterocycles. The molecule has 0 bridgehead atoms. The van der Waals surface area contributed by atoms with Crippen molar-refractivity contribution in [3.8, 4) is 5.75 Å². The molecule has 1 aromatic carbocycles. The fourth-order valence-corrected chi connectivity index (χ4v) is 3.97. The average molecular weight is 339 g/mol. The van der Waals surface area contributed by atoms with Crippen LogP contribution in [0.25, 0.3) is 0 Å². The van der Waals surface area contributed by atoms with Crippen LogP contribution in [0.2, 0.25) is 0 Å². The summed E-state index contributed by atoms with van der Waals surface area (Å²) in [6.07, 6.45) is 1.47. The Morgan fingerprint density at radius 3 is 3.00 bits per heavy atom. The molecule has 0 fully saturated rings. The molecular weight excluding hydrogens is 324 g/mol. The number of thiophene rings is 1. The number of aliphatic hydroxyl groups excluding tert-OH is 1. The first-order chi connectivity index (χ1) is 9.16. The summed E-state index contributed by atoms with van der Waals surface area (Å²) in [5.41, 5.74) is 2.08. The van der Waals surface area contributed by atoms with E-state index in [9.17, 15) is 5.11 Å². The fourth-order valence-electron chi connectivity index (χ4n) is 2.40. The molecule has 1 N–H and O–H groups in total. The van der Waals surface area contributed by atoms with Crippen LogP contribution in [-0.4, -0.2) is 11.7 Å². The maximum atomic E-state index is 10.6. The smallest absolute Gasteiger partial charge is 0.128 e. The van der Waals surface area contributed by atoms with Gasteiger partial charge in [0, 0.05) is 19.8 Å². The van der Waals surface area contributed by atoms with E-state index < -0.39 is 6.10 Å². The Morgan fingerprint density at radius 2 is 2.26 bits per heavy atom. The van der Waals surface area contributed by atoms with Crippen molar-refractivity contribution in [1.29, 1.82) is 0 Å².